The van der Waals surface area contributed by atoms with E-state index in [9.17, 15) is 0 Å². The monoisotopic (exact) mass is 124 g/mol. The predicted molar refractivity (Wildman–Crippen MR) is 37.1 cm³/mol. The number of hydrogen-bond acceptors (Lipinski definition) is 1. The van der Waals surface area contributed by atoms with Crippen molar-refractivity contribution >= 4 is 0 Å². The third-order valence-corrected chi connectivity index (χ3v) is 1.13. The average Bonchev–Trinajstić information content (AvgIpc) is 2.38. The number of aliphatic hydroxyl groups is 1. The molecule has 0 aromatic heterocycles. The Labute approximate surface area is 55.7 Å². The SMILES string of the molecule is CC(C)(O)C=C=C1CC1. The first-order chi connectivity index (χ1) is 4.08. The van der Waals surface area contributed by atoms with Crippen LogP contribution in [0.1, 0.15) is 26.7 Å². The van der Waals surface area contributed by atoms with Crippen LogP contribution < -0.4 is 0 Å². The van der Waals surface area contributed by atoms with Crippen molar-refractivity contribution in [2.24, 2.45) is 0 Å². The van der Waals surface area contributed by atoms with Crippen molar-refractivity contribution in [3.05, 3.63) is 17.4 Å². The van der Waals surface area contributed by atoms with Crippen molar-refractivity contribution in [1.82, 2.24) is 0 Å². The fourth-order valence-corrected chi connectivity index (χ4v) is 0.486. The fourth-order valence-electron chi connectivity index (χ4n) is 0.486. The maximum Gasteiger partial charge on any atom is 0.0844 e. The minimum atomic E-state index is -0.685. The van der Waals surface area contributed by atoms with E-state index in [0.29, 0.717) is 0 Å². The Balaban J connectivity index is 2.58. The molecule has 1 fully saturated rings. The van der Waals surface area contributed by atoms with Crippen LogP contribution in [0.15, 0.2) is 17.4 Å². The summed E-state index contributed by atoms with van der Waals surface area (Å²) in [6, 6.07) is 0. The highest BCUT2D eigenvalue weighted by atomic mass is 16.3. The quantitative estimate of drug-likeness (QED) is 0.527. The van der Waals surface area contributed by atoms with Gasteiger partial charge >= 0.3 is 0 Å². The molecule has 0 aliphatic heterocycles. The van der Waals surface area contributed by atoms with E-state index in [1.807, 2.05) is 0 Å². The van der Waals surface area contributed by atoms with Crippen LogP contribution in [-0.2, 0) is 0 Å². The molecule has 0 atom stereocenters. The predicted octanol–water partition coefficient (Wildman–Crippen LogP) is 1.63. The lowest BCUT2D eigenvalue weighted by Crippen LogP contribution is -2.12. The van der Waals surface area contributed by atoms with Crippen LogP contribution in [0.5, 0.6) is 0 Å². The van der Waals surface area contributed by atoms with Gasteiger partial charge in [-0.05, 0) is 38.3 Å². The fraction of sp³-hybridized carbons (Fsp3) is 0.625. The molecule has 0 bridgehead atoms. The van der Waals surface area contributed by atoms with Gasteiger partial charge in [0.05, 0.1) is 5.60 Å². The van der Waals surface area contributed by atoms with Gasteiger partial charge in [0.2, 0.25) is 0 Å². The summed E-state index contributed by atoms with van der Waals surface area (Å²) in [5, 5.41) is 9.16. The van der Waals surface area contributed by atoms with Crippen LogP contribution in [0, 0.1) is 0 Å². The molecule has 9 heavy (non-hydrogen) atoms. The largest absolute Gasteiger partial charge is 0.386 e. The molecule has 1 aliphatic carbocycles. The molecule has 1 N–H and O–H groups in total. The second-order valence-corrected chi connectivity index (χ2v) is 3.05. The number of hydrogen-bond donors (Lipinski definition) is 1. The molecule has 0 heterocycles. The molecule has 1 nitrogen and oxygen atoms in total. The lowest BCUT2D eigenvalue weighted by molar-refractivity contribution is 0.133. The third-order valence-electron chi connectivity index (χ3n) is 1.13. The van der Waals surface area contributed by atoms with Crippen LogP contribution in [-0.4, -0.2) is 10.7 Å². The van der Waals surface area contributed by atoms with E-state index in [1.54, 1.807) is 19.9 Å². The second kappa shape index (κ2) is 2.02. The summed E-state index contributed by atoms with van der Waals surface area (Å²) >= 11 is 0. The van der Waals surface area contributed by atoms with Crippen LogP contribution in [0.3, 0.4) is 0 Å². The zero-order chi connectivity index (χ0) is 6.91. The van der Waals surface area contributed by atoms with Crippen molar-refractivity contribution in [3.8, 4) is 0 Å². The molecule has 0 unspecified atom stereocenters. The van der Waals surface area contributed by atoms with Crippen molar-refractivity contribution in [1.29, 1.82) is 0 Å². The average molecular weight is 124 g/mol. The van der Waals surface area contributed by atoms with Gasteiger partial charge in [-0.2, -0.15) is 0 Å². The first-order valence-corrected chi connectivity index (χ1v) is 3.26. The third kappa shape index (κ3) is 3.12. The van der Waals surface area contributed by atoms with E-state index in [4.69, 9.17) is 5.11 Å². The Morgan fingerprint density at radius 2 is 2.11 bits per heavy atom. The van der Waals surface area contributed by atoms with E-state index >= 15 is 0 Å². The molecular formula is C8H12O. The van der Waals surface area contributed by atoms with Gasteiger partial charge in [0.15, 0.2) is 0 Å². The van der Waals surface area contributed by atoms with E-state index < -0.39 is 5.60 Å². The summed E-state index contributed by atoms with van der Waals surface area (Å²) in [6.07, 6.45) is 4.06. The Morgan fingerprint density at radius 1 is 1.56 bits per heavy atom. The summed E-state index contributed by atoms with van der Waals surface area (Å²) in [5.74, 6) is 0. The molecule has 1 saturated carbocycles. The van der Waals surface area contributed by atoms with Gasteiger partial charge in [-0.3, -0.25) is 0 Å². The maximum absolute atomic E-state index is 9.16. The normalized spacial score (nSPS) is 17.0. The molecule has 0 spiro atoms. The van der Waals surface area contributed by atoms with Crippen molar-refractivity contribution in [2.75, 3.05) is 0 Å². The molecule has 0 amide bonds. The van der Waals surface area contributed by atoms with Crippen LogP contribution in [0.25, 0.3) is 0 Å². The summed E-state index contributed by atoms with van der Waals surface area (Å²) in [6.45, 7) is 3.51. The van der Waals surface area contributed by atoms with Crippen LogP contribution >= 0.6 is 0 Å². The lowest BCUT2D eigenvalue weighted by atomic mass is 10.1. The zero-order valence-corrected chi connectivity index (χ0v) is 5.94. The van der Waals surface area contributed by atoms with Gasteiger partial charge in [-0.15, -0.1) is 5.73 Å². The highest BCUT2D eigenvalue weighted by molar-refractivity contribution is 5.17. The molecule has 50 valence electrons. The molecule has 0 saturated heterocycles. The Hall–Kier alpha value is -0.520. The first-order valence-electron chi connectivity index (χ1n) is 3.26. The topological polar surface area (TPSA) is 20.2 Å². The summed E-state index contributed by atoms with van der Waals surface area (Å²) in [7, 11) is 0. The van der Waals surface area contributed by atoms with Crippen LogP contribution in [0.4, 0.5) is 0 Å². The molecule has 0 aromatic carbocycles. The molecule has 1 aliphatic rings. The Bertz CT molecular complexity index is 159. The zero-order valence-electron chi connectivity index (χ0n) is 5.94. The minimum absolute atomic E-state index is 0.685. The van der Waals surface area contributed by atoms with Gasteiger partial charge in [0.25, 0.3) is 0 Å². The van der Waals surface area contributed by atoms with Crippen molar-refractivity contribution < 1.29 is 5.11 Å². The van der Waals surface area contributed by atoms with Crippen LogP contribution in [0.2, 0.25) is 0 Å². The molecule has 1 rings (SSSR count). The maximum atomic E-state index is 9.16. The minimum Gasteiger partial charge on any atom is -0.386 e. The standard InChI is InChI=1S/C8H12O/c1-8(2,9)6-5-7-3-4-7/h6,9H,3-4H2,1-2H3. The van der Waals surface area contributed by atoms with E-state index in [-0.39, 0.29) is 0 Å². The Kier molecular flexibility index (Phi) is 1.48. The second-order valence-electron chi connectivity index (χ2n) is 3.05. The van der Waals surface area contributed by atoms with Gasteiger partial charge in [-0.1, -0.05) is 0 Å². The summed E-state index contributed by atoms with van der Waals surface area (Å²) in [4.78, 5) is 0. The highest BCUT2D eigenvalue weighted by Gasteiger charge is 2.11. The van der Waals surface area contributed by atoms with E-state index in [2.05, 4.69) is 5.73 Å². The van der Waals surface area contributed by atoms with E-state index in [0.717, 1.165) is 0 Å². The molecule has 1 heteroatoms. The summed E-state index contributed by atoms with van der Waals surface area (Å²) in [5.41, 5.74) is 3.68. The number of rotatable bonds is 1. The first kappa shape index (κ1) is 6.60. The molecular weight excluding hydrogens is 112 g/mol. The summed E-state index contributed by atoms with van der Waals surface area (Å²) < 4.78 is 0. The van der Waals surface area contributed by atoms with Gasteiger partial charge in [0, 0.05) is 0 Å². The lowest BCUT2D eigenvalue weighted by Gasteiger charge is -2.07. The Morgan fingerprint density at radius 3 is 2.44 bits per heavy atom. The highest BCUT2D eigenvalue weighted by Crippen LogP contribution is 2.26. The molecule has 0 radical (unpaired) electrons. The van der Waals surface area contributed by atoms with Gasteiger partial charge in [0.1, 0.15) is 0 Å². The van der Waals surface area contributed by atoms with Crippen molar-refractivity contribution in [3.63, 3.8) is 0 Å². The van der Waals surface area contributed by atoms with Gasteiger partial charge < -0.3 is 5.11 Å². The molecule has 0 aromatic rings. The smallest absolute Gasteiger partial charge is 0.0844 e. The van der Waals surface area contributed by atoms with Crippen molar-refractivity contribution in [2.45, 2.75) is 32.3 Å². The van der Waals surface area contributed by atoms with Gasteiger partial charge in [-0.25, -0.2) is 0 Å². The van der Waals surface area contributed by atoms with E-state index in [1.165, 1.54) is 18.4 Å².